The van der Waals surface area contributed by atoms with E-state index in [1.165, 1.54) is 0 Å². The van der Waals surface area contributed by atoms with Crippen molar-refractivity contribution in [2.24, 2.45) is 0 Å². The van der Waals surface area contributed by atoms with Gasteiger partial charge >= 0.3 is 0 Å². The van der Waals surface area contributed by atoms with Gasteiger partial charge in [-0.15, -0.1) is 0 Å². The lowest BCUT2D eigenvalue weighted by atomic mass is 10.1. The molecular formula is C13H15BrN2O. The first-order valence-electron chi connectivity index (χ1n) is 5.49. The summed E-state index contributed by atoms with van der Waals surface area (Å²) >= 11 is 3.48. The Bertz CT molecular complexity index is 546. The quantitative estimate of drug-likeness (QED) is 0.923. The molecule has 0 aliphatic carbocycles. The van der Waals surface area contributed by atoms with Crippen molar-refractivity contribution in [2.75, 3.05) is 0 Å². The number of rotatable bonds is 2. The molecule has 17 heavy (non-hydrogen) atoms. The number of aromatic nitrogens is 2. The normalized spacial score (nSPS) is 12.8. The number of hydrogen-bond donors (Lipinski definition) is 1. The maximum absolute atomic E-state index is 9.58. The number of aryl methyl sites for hydroxylation is 1. The van der Waals surface area contributed by atoms with Gasteiger partial charge in [0.25, 0.3) is 0 Å². The fourth-order valence-corrected chi connectivity index (χ4v) is 2.46. The summed E-state index contributed by atoms with van der Waals surface area (Å²) in [5.74, 6) is 0. The van der Waals surface area contributed by atoms with Crippen molar-refractivity contribution in [3.05, 3.63) is 46.0 Å². The molecule has 0 radical (unpaired) electrons. The topological polar surface area (TPSA) is 38.0 Å². The van der Waals surface area contributed by atoms with Crippen molar-refractivity contribution in [3.8, 4) is 5.69 Å². The Morgan fingerprint density at radius 3 is 2.53 bits per heavy atom. The highest BCUT2D eigenvalue weighted by atomic mass is 79.9. The monoisotopic (exact) mass is 294 g/mol. The summed E-state index contributed by atoms with van der Waals surface area (Å²) in [7, 11) is 0. The molecule has 1 aromatic carbocycles. The molecule has 0 saturated carbocycles. The number of hydrogen-bond acceptors (Lipinski definition) is 2. The van der Waals surface area contributed by atoms with Crippen LogP contribution in [0.2, 0.25) is 0 Å². The average molecular weight is 295 g/mol. The summed E-state index contributed by atoms with van der Waals surface area (Å²) in [6, 6.07) is 5.91. The Morgan fingerprint density at radius 1 is 1.35 bits per heavy atom. The van der Waals surface area contributed by atoms with Gasteiger partial charge in [0.1, 0.15) is 0 Å². The van der Waals surface area contributed by atoms with Crippen LogP contribution in [0.15, 0.2) is 29.0 Å². The molecule has 1 aromatic heterocycles. The van der Waals surface area contributed by atoms with Crippen LogP contribution >= 0.6 is 15.9 Å². The molecule has 1 heterocycles. The Balaban J connectivity index is 2.48. The van der Waals surface area contributed by atoms with Crippen molar-refractivity contribution in [3.63, 3.8) is 0 Å². The van der Waals surface area contributed by atoms with Crippen LogP contribution in [-0.2, 0) is 0 Å². The first-order valence-corrected chi connectivity index (χ1v) is 6.28. The van der Waals surface area contributed by atoms with Crippen molar-refractivity contribution in [2.45, 2.75) is 26.9 Å². The largest absolute Gasteiger partial charge is 0.389 e. The molecule has 0 saturated heterocycles. The van der Waals surface area contributed by atoms with Gasteiger partial charge in [0.05, 0.1) is 18.1 Å². The van der Waals surface area contributed by atoms with Crippen LogP contribution in [0.25, 0.3) is 5.69 Å². The highest BCUT2D eigenvalue weighted by Gasteiger charge is 2.09. The number of nitrogens with zero attached hydrogens (tertiary/aromatic N) is 2. The summed E-state index contributed by atoms with van der Waals surface area (Å²) in [6.07, 6.45) is 1.35. The first-order chi connectivity index (χ1) is 8.00. The Morgan fingerprint density at radius 2 is 2.06 bits per heavy atom. The average Bonchev–Trinajstić information content (AvgIpc) is 2.59. The number of aliphatic hydroxyl groups is 1. The molecule has 0 fully saturated rings. The number of benzene rings is 1. The predicted octanol–water partition coefficient (Wildman–Crippen LogP) is 3.30. The van der Waals surface area contributed by atoms with Crippen LogP contribution in [-0.4, -0.2) is 14.7 Å². The van der Waals surface area contributed by atoms with Gasteiger partial charge in [0, 0.05) is 15.9 Å². The molecule has 0 amide bonds. The van der Waals surface area contributed by atoms with Gasteiger partial charge < -0.3 is 9.67 Å². The van der Waals surface area contributed by atoms with Crippen molar-refractivity contribution in [1.82, 2.24) is 9.55 Å². The third-order valence-electron chi connectivity index (χ3n) is 2.96. The van der Waals surface area contributed by atoms with Crippen molar-refractivity contribution in [1.29, 1.82) is 0 Å². The van der Waals surface area contributed by atoms with E-state index in [-0.39, 0.29) is 0 Å². The van der Waals surface area contributed by atoms with E-state index in [4.69, 9.17) is 0 Å². The van der Waals surface area contributed by atoms with Crippen LogP contribution in [0.5, 0.6) is 0 Å². The third kappa shape index (κ3) is 2.28. The lowest BCUT2D eigenvalue weighted by Crippen LogP contribution is -1.98. The zero-order valence-corrected chi connectivity index (χ0v) is 11.7. The smallest absolute Gasteiger partial charge is 0.0997 e. The van der Waals surface area contributed by atoms with E-state index in [0.29, 0.717) is 0 Å². The molecule has 2 rings (SSSR count). The highest BCUT2D eigenvalue weighted by molar-refractivity contribution is 9.10. The fraction of sp³-hybridized carbons (Fsp3) is 0.308. The lowest BCUT2D eigenvalue weighted by Gasteiger charge is -2.11. The van der Waals surface area contributed by atoms with Gasteiger partial charge in [-0.2, -0.15) is 0 Å². The molecule has 0 aliphatic heterocycles. The van der Waals surface area contributed by atoms with E-state index in [1.54, 1.807) is 6.92 Å². The van der Waals surface area contributed by atoms with Crippen LogP contribution in [0.4, 0.5) is 0 Å². The third-order valence-corrected chi connectivity index (χ3v) is 3.65. The first kappa shape index (κ1) is 12.3. The van der Waals surface area contributed by atoms with Gasteiger partial charge in [-0.25, -0.2) is 4.98 Å². The SMILES string of the molecule is Cc1ncn(-c2ccc(C(C)O)c(Br)c2)c1C. The molecule has 4 heteroatoms. The lowest BCUT2D eigenvalue weighted by molar-refractivity contribution is 0.198. The second kappa shape index (κ2) is 4.63. The maximum Gasteiger partial charge on any atom is 0.0997 e. The summed E-state index contributed by atoms with van der Waals surface area (Å²) in [5.41, 5.74) is 4.09. The molecule has 0 spiro atoms. The van der Waals surface area contributed by atoms with Gasteiger partial charge in [0.15, 0.2) is 0 Å². The van der Waals surface area contributed by atoms with Gasteiger partial charge in [0.2, 0.25) is 0 Å². The molecule has 0 bridgehead atoms. The number of aliphatic hydroxyl groups excluding tert-OH is 1. The minimum Gasteiger partial charge on any atom is -0.389 e. The number of halogens is 1. The summed E-state index contributed by atoms with van der Waals surface area (Å²) in [4.78, 5) is 4.28. The van der Waals surface area contributed by atoms with E-state index in [0.717, 1.165) is 27.1 Å². The summed E-state index contributed by atoms with van der Waals surface area (Å²) in [5, 5.41) is 9.58. The summed E-state index contributed by atoms with van der Waals surface area (Å²) in [6.45, 7) is 5.79. The molecule has 90 valence electrons. The summed E-state index contributed by atoms with van der Waals surface area (Å²) < 4.78 is 2.95. The number of imidazole rings is 1. The predicted molar refractivity (Wildman–Crippen MR) is 71.4 cm³/mol. The fourth-order valence-electron chi connectivity index (χ4n) is 1.76. The van der Waals surface area contributed by atoms with Gasteiger partial charge in [-0.05, 0) is 38.5 Å². The minimum absolute atomic E-state index is 0.468. The molecular weight excluding hydrogens is 280 g/mol. The van der Waals surface area contributed by atoms with E-state index >= 15 is 0 Å². The zero-order valence-electron chi connectivity index (χ0n) is 10.1. The molecule has 2 aromatic rings. The molecule has 3 nitrogen and oxygen atoms in total. The second-order valence-electron chi connectivity index (χ2n) is 4.17. The maximum atomic E-state index is 9.58. The van der Waals surface area contributed by atoms with Gasteiger partial charge in [-0.1, -0.05) is 22.0 Å². The molecule has 0 aliphatic rings. The van der Waals surface area contributed by atoms with Crippen molar-refractivity contribution >= 4 is 15.9 Å². The Kier molecular flexibility index (Phi) is 3.35. The molecule has 1 atom stereocenters. The minimum atomic E-state index is -0.468. The van der Waals surface area contributed by atoms with E-state index < -0.39 is 6.10 Å². The van der Waals surface area contributed by atoms with Crippen LogP contribution in [0.3, 0.4) is 0 Å². The highest BCUT2D eigenvalue weighted by Crippen LogP contribution is 2.26. The van der Waals surface area contributed by atoms with E-state index in [1.807, 2.05) is 42.9 Å². The van der Waals surface area contributed by atoms with E-state index in [9.17, 15) is 5.11 Å². The standard InChI is InChI=1S/C13H15BrN2O/c1-8-9(2)16(7-15-8)11-4-5-12(10(3)17)13(14)6-11/h4-7,10,17H,1-3H3. The van der Waals surface area contributed by atoms with Crippen LogP contribution in [0.1, 0.15) is 30.0 Å². The molecule has 1 N–H and O–H groups in total. The molecule has 1 unspecified atom stereocenters. The second-order valence-corrected chi connectivity index (χ2v) is 5.02. The Hall–Kier alpha value is -1.13. The Labute approximate surface area is 109 Å². The zero-order chi connectivity index (χ0) is 12.6. The van der Waals surface area contributed by atoms with Crippen molar-refractivity contribution < 1.29 is 5.11 Å². The van der Waals surface area contributed by atoms with Gasteiger partial charge in [-0.3, -0.25) is 0 Å². The van der Waals surface area contributed by atoms with E-state index in [2.05, 4.69) is 20.9 Å². The van der Waals surface area contributed by atoms with Crippen LogP contribution < -0.4 is 0 Å². The van der Waals surface area contributed by atoms with Crippen LogP contribution in [0, 0.1) is 13.8 Å².